The minimum absolute atomic E-state index is 0.204. The highest BCUT2D eigenvalue weighted by Crippen LogP contribution is 2.34. The Bertz CT molecular complexity index is 1240. The van der Waals surface area contributed by atoms with Crippen LogP contribution in [0.1, 0.15) is 34.8 Å². The highest BCUT2D eigenvalue weighted by molar-refractivity contribution is 6.39. The minimum atomic E-state index is -0.668. The van der Waals surface area contributed by atoms with Crippen molar-refractivity contribution in [1.29, 1.82) is 0 Å². The largest absolute Gasteiger partial charge is 0.493 e. The van der Waals surface area contributed by atoms with Crippen LogP contribution in [0.5, 0.6) is 11.5 Å². The van der Waals surface area contributed by atoms with Crippen molar-refractivity contribution in [3.8, 4) is 11.5 Å². The van der Waals surface area contributed by atoms with E-state index in [1.165, 1.54) is 19.5 Å². The molecule has 7 nitrogen and oxygen atoms in total. The summed E-state index contributed by atoms with van der Waals surface area (Å²) in [4.78, 5) is 22.5. The molecule has 0 radical (unpaired) electrons. The standard InChI is InChI=1S/C25H23Cl2N3O4/c1-15-6-4-5-7-17(15)20-11-25(2,34-30-20)14-33-22-10-16(8-9-21(22)32-3)24(31)29-23-18(26)12-28-13-19(23)27/h4-10,12-13H,11,14H2,1-3H3,(H,28,29,31). The zero-order chi connectivity index (χ0) is 24.3. The lowest BCUT2D eigenvalue weighted by atomic mass is 9.94. The Balaban J connectivity index is 1.47. The average Bonchev–Trinajstić information content (AvgIpc) is 3.22. The fourth-order valence-corrected chi connectivity index (χ4v) is 4.04. The number of benzene rings is 2. The second kappa shape index (κ2) is 9.91. The van der Waals surface area contributed by atoms with Crippen molar-refractivity contribution in [2.75, 3.05) is 19.0 Å². The van der Waals surface area contributed by atoms with Gasteiger partial charge in [-0.3, -0.25) is 9.78 Å². The van der Waals surface area contributed by atoms with Crippen LogP contribution in [0.2, 0.25) is 10.0 Å². The predicted octanol–water partition coefficient (Wildman–Crippen LogP) is 5.92. The van der Waals surface area contributed by atoms with E-state index >= 15 is 0 Å². The number of aromatic nitrogens is 1. The Kier molecular flexibility index (Phi) is 6.95. The lowest BCUT2D eigenvalue weighted by molar-refractivity contribution is -0.0361. The van der Waals surface area contributed by atoms with E-state index in [-0.39, 0.29) is 22.3 Å². The van der Waals surface area contributed by atoms with Gasteiger partial charge in [-0.15, -0.1) is 0 Å². The summed E-state index contributed by atoms with van der Waals surface area (Å²) >= 11 is 12.2. The first kappa shape index (κ1) is 23.9. The zero-order valence-electron chi connectivity index (χ0n) is 18.9. The molecule has 0 spiro atoms. The van der Waals surface area contributed by atoms with Gasteiger partial charge in [0, 0.05) is 29.9 Å². The van der Waals surface area contributed by atoms with Crippen molar-refractivity contribution in [3.05, 3.63) is 81.6 Å². The molecule has 2 aromatic carbocycles. The number of carbonyl (C=O) groups excluding carboxylic acids is 1. The van der Waals surface area contributed by atoms with E-state index in [0.29, 0.717) is 23.5 Å². The van der Waals surface area contributed by atoms with Crippen LogP contribution in [0, 0.1) is 6.92 Å². The first-order valence-corrected chi connectivity index (χ1v) is 11.3. The van der Waals surface area contributed by atoms with E-state index < -0.39 is 11.5 Å². The SMILES string of the molecule is COc1ccc(C(=O)Nc2c(Cl)cncc2Cl)cc1OCC1(C)CC(c2ccccc2C)=NO1. The highest BCUT2D eigenvalue weighted by Gasteiger charge is 2.36. The molecule has 0 saturated carbocycles. The van der Waals surface area contributed by atoms with E-state index in [0.717, 1.165) is 16.8 Å². The molecule has 1 atom stereocenters. The first-order valence-electron chi connectivity index (χ1n) is 10.5. The van der Waals surface area contributed by atoms with Gasteiger partial charge in [-0.1, -0.05) is 52.6 Å². The van der Waals surface area contributed by atoms with Gasteiger partial charge in [-0.05, 0) is 37.6 Å². The molecule has 0 fully saturated rings. The molecule has 1 aliphatic rings. The number of pyridine rings is 1. The van der Waals surface area contributed by atoms with Crippen LogP contribution < -0.4 is 14.8 Å². The third kappa shape index (κ3) is 5.11. The molecular formula is C25H23Cl2N3O4. The van der Waals surface area contributed by atoms with Gasteiger partial charge < -0.3 is 19.6 Å². The summed E-state index contributed by atoms with van der Waals surface area (Å²) in [6.07, 6.45) is 3.39. The maximum absolute atomic E-state index is 12.8. The first-order chi connectivity index (χ1) is 16.3. The van der Waals surface area contributed by atoms with Gasteiger partial charge in [0.15, 0.2) is 17.1 Å². The van der Waals surface area contributed by atoms with Crippen molar-refractivity contribution in [2.24, 2.45) is 5.16 Å². The molecule has 1 aliphatic heterocycles. The van der Waals surface area contributed by atoms with Gasteiger partial charge in [0.25, 0.3) is 5.91 Å². The topological polar surface area (TPSA) is 82.0 Å². The molecule has 34 heavy (non-hydrogen) atoms. The number of ether oxygens (including phenoxy) is 2. The molecular weight excluding hydrogens is 477 g/mol. The van der Waals surface area contributed by atoms with Gasteiger partial charge in [0.05, 0.1) is 28.6 Å². The summed E-state index contributed by atoms with van der Waals surface area (Å²) < 4.78 is 11.5. The van der Waals surface area contributed by atoms with Crippen molar-refractivity contribution in [2.45, 2.75) is 25.9 Å². The molecule has 2 heterocycles. The van der Waals surface area contributed by atoms with Gasteiger partial charge in [0.2, 0.25) is 0 Å². The molecule has 176 valence electrons. The van der Waals surface area contributed by atoms with Crippen molar-refractivity contribution < 1.29 is 19.1 Å². The lowest BCUT2D eigenvalue weighted by Gasteiger charge is -2.22. The quantitative estimate of drug-likeness (QED) is 0.436. The normalized spacial score (nSPS) is 17.0. The smallest absolute Gasteiger partial charge is 0.255 e. The predicted molar refractivity (Wildman–Crippen MR) is 133 cm³/mol. The minimum Gasteiger partial charge on any atom is -0.493 e. The van der Waals surface area contributed by atoms with Crippen LogP contribution in [-0.2, 0) is 4.84 Å². The number of hydrogen-bond acceptors (Lipinski definition) is 6. The number of nitrogens with zero attached hydrogens (tertiary/aromatic N) is 2. The van der Waals surface area contributed by atoms with Crippen LogP contribution >= 0.6 is 23.2 Å². The number of rotatable bonds is 7. The number of aryl methyl sites for hydroxylation is 1. The summed E-state index contributed by atoms with van der Waals surface area (Å²) in [7, 11) is 1.53. The summed E-state index contributed by atoms with van der Waals surface area (Å²) in [5.41, 5.74) is 3.01. The van der Waals surface area contributed by atoms with Crippen LogP contribution in [0.3, 0.4) is 0 Å². The van der Waals surface area contributed by atoms with Gasteiger partial charge >= 0.3 is 0 Å². The lowest BCUT2D eigenvalue weighted by Crippen LogP contribution is -2.33. The van der Waals surface area contributed by atoms with Crippen molar-refractivity contribution in [1.82, 2.24) is 4.98 Å². The maximum Gasteiger partial charge on any atom is 0.255 e. The van der Waals surface area contributed by atoms with Crippen LogP contribution in [-0.4, -0.2) is 35.9 Å². The van der Waals surface area contributed by atoms with E-state index in [4.69, 9.17) is 37.5 Å². The Morgan fingerprint density at radius 3 is 2.59 bits per heavy atom. The molecule has 4 rings (SSSR count). The van der Waals surface area contributed by atoms with Gasteiger partial charge in [0.1, 0.15) is 6.61 Å². The van der Waals surface area contributed by atoms with Crippen LogP contribution in [0.25, 0.3) is 0 Å². The Morgan fingerprint density at radius 1 is 1.15 bits per heavy atom. The van der Waals surface area contributed by atoms with Crippen molar-refractivity contribution >= 4 is 40.5 Å². The van der Waals surface area contributed by atoms with E-state index in [1.54, 1.807) is 18.2 Å². The molecule has 9 heteroatoms. The molecule has 1 N–H and O–H groups in total. The molecule has 1 aromatic heterocycles. The van der Waals surface area contributed by atoms with E-state index in [1.807, 2.05) is 38.1 Å². The van der Waals surface area contributed by atoms with E-state index in [2.05, 4.69) is 15.5 Å². The van der Waals surface area contributed by atoms with E-state index in [9.17, 15) is 4.79 Å². The second-order valence-electron chi connectivity index (χ2n) is 8.16. The third-order valence-corrected chi connectivity index (χ3v) is 6.00. The summed E-state index contributed by atoms with van der Waals surface area (Å²) in [5.74, 6) is 0.477. The summed E-state index contributed by atoms with van der Waals surface area (Å²) in [6.45, 7) is 4.17. The number of oxime groups is 1. The van der Waals surface area contributed by atoms with Gasteiger partial charge in [-0.2, -0.15) is 0 Å². The fraction of sp³-hybridized carbons (Fsp3) is 0.240. The number of nitrogens with one attached hydrogen (secondary N) is 1. The molecule has 0 saturated heterocycles. The molecule has 0 aliphatic carbocycles. The zero-order valence-corrected chi connectivity index (χ0v) is 20.4. The summed E-state index contributed by atoms with van der Waals surface area (Å²) in [6, 6.07) is 12.9. The number of anilines is 1. The number of halogens is 2. The molecule has 3 aromatic rings. The molecule has 0 bridgehead atoms. The van der Waals surface area contributed by atoms with Crippen LogP contribution in [0.4, 0.5) is 5.69 Å². The Hall–Kier alpha value is -3.29. The fourth-order valence-electron chi connectivity index (χ4n) is 3.58. The second-order valence-corrected chi connectivity index (χ2v) is 8.97. The molecule has 1 unspecified atom stereocenters. The van der Waals surface area contributed by atoms with Crippen molar-refractivity contribution in [3.63, 3.8) is 0 Å². The number of carbonyl (C=O) groups is 1. The monoisotopic (exact) mass is 499 g/mol. The van der Waals surface area contributed by atoms with Gasteiger partial charge in [-0.25, -0.2) is 0 Å². The average molecular weight is 500 g/mol. The number of amides is 1. The Morgan fingerprint density at radius 2 is 1.88 bits per heavy atom. The maximum atomic E-state index is 12.8. The summed E-state index contributed by atoms with van der Waals surface area (Å²) in [5, 5.41) is 7.48. The molecule has 1 amide bonds. The van der Waals surface area contributed by atoms with Crippen LogP contribution in [0.15, 0.2) is 60.0 Å². The third-order valence-electron chi connectivity index (χ3n) is 5.42. The Labute approximate surface area is 207 Å². The number of methoxy groups -OCH3 is 1. The number of hydrogen-bond donors (Lipinski definition) is 1. The highest BCUT2D eigenvalue weighted by atomic mass is 35.5.